The molecule has 0 saturated carbocycles. The predicted octanol–water partition coefficient (Wildman–Crippen LogP) is 2.19. The molecule has 1 atom stereocenters. The molecule has 0 radical (unpaired) electrons. The van der Waals surface area contributed by atoms with Gasteiger partial charge in [-0.25, -0.2) is 14.6 Å². The first-order valence-electron chi connectivity index (χ1n) is 8.62. The van der Waals surface area contributed by atoms with E-state index in [-0.39, 0.29) is 24.2 Å². The Bertz CT molecular complexity index is 1020. The second kappa shape index (κ2) is 7.77. The minimum atomic E-state index is -0.812. The second-order valence-corrected chi connectivity index (χ2v) is 7.15. The van der Waals surface area contributed by atoms with E-state index in [1.165, 1.54) is 40.0 Å². The molecule has 2 N–H and O–H groups in total. The zero-order chi connectivity index (χ0) is 19.5. The summed E-state index contributed by atoms with van der Waals surface area (Å²) in [6, 6.07) is 8.92. The van der Waals surface area contributed by atoms with Gasteiger partial charge in [0.2, 0.25) is 23.0 Å². The Morgan fingerprint density at radius 3 is 2.86 bits per heavy atom. The molecule has 1 aliphatic heterocycles. The molecule has 10 heteroatoms. The summed E-state index contributed by atoms with van der Waals surface area (Å²) < 4.78 is 1.44. The normalized spacial score (nSPS) is 15.6. The lowest BCUT2D eigenvalue weighted by Gasteiger charge is -2.21. The van der Waals surface area contributed by atoms with Crippen molar-refractivity contribution < 1.29 is 9.59 Å². The van der Waals surface area contributed by atoms with Crippen LogP contribution in [0.15, 0.2) is 47.9 Å². The number of hydrogen-bond donors (Lipinski definition) is 2. The number of rotatable bonds is 5. The van der Waals surface area contributed by atoms with Gasteiger partial charge < -0.3 is 0 Å². The third-order valence-electron chi connectivity index (χ3n) is 4.26. The third kappa shape index (κ3) is 3.86. The number of aryl methyl sites for hydroxylation is 1. The van der Waals surface area contributed by atoms with Crippen LogP contribution < -0.4 is 10.6 Å². The first kappa shape index (κ1) is 18.1. The molecule has 4 rings (SSSR count). The first-order chi connectivity index (χ1) is 13.6. The fourth-order valence-electron chi connectivity index (χ4n) is 2.78. The van der Waals surface area contributed by atoms with E-state index in [0.29, 0.717) is 10.9 Å². The zero-order valence-electron chi connectivity index (χ0n) is 15.0. The van der Waals surface area contributed by atoms with Gasteiger partial charge in [0, 0.05) is 18.1 Å². The van der Waals surface area contributed by atoms with E-state index in [1.807, 2.05) is 25.1 Å². The predicted molar refractivity (Wildman–Crippen MR) is 104 cm³/mol. The van der Waals surface area contributed by atoms with Crippen LogP contribution in [0, 0.1) is 6.92 Å². The van der Waals surface area contributed by atoms with Crippen LogP contribution in [0.5, 0.6) is 0 Å². The number of benzene rings is 1. The summed E-state index contributed by atoms with van der Waals surface area (Å²) in [7, 11) is 0. The Kier molecular flexibility index (Phi) is 5.02. The molecule has 0 aliphatic carbocycles. The Morgan fingerprint density at radius 1 is 1.29 bits per heavy atom. The largest absolute Gasteiger partial charge is 0.295 e. The van der Waals surface area contributed by atoms with Crippen molar-refractivity contribution in [3.8, 4) is 0 Å². The van der Waals surface area contributed by atoms with Gasteiger partial charge in [-0.1, -0.05) is 36.0 Å². The quantitative estimate of drug-likeness (QED) is 0.636. The highest BCUT2D eigenvalue weighted by molar-refractivity contribution is 7.98. The number of aromatic nitrogens is 5. The lowest BCUT2D eigenvalue weighted by molar-refractivity contribution is -0.125. The summed E-state index contributed by atoms with van der Waals surface area (Å²) in [5, 5.41) is 10.2. The average molecular weight is 395 g/mol. The Labute approximate surface area is 165 Å². The van der Waals surface area contributed by atoms with E-state index in [1.54, 1.807) is 6.07 Å². The van der Waals surface area contributed by atoms with Gasteiger partial charge in [-0.2, -0.15) is 4.98 Å². The minimum absolute atomic E-state index is 0.0308. The smallest absolute Gasteiger partial charge is 0.252 e. The van der Waals surface area contributed by atoms with Crippen molar-refractivity contribution in [1.82, 2.24) is 24.7 Å². The van der Waals surface area contributed by atoms with Crippen LogP contribution >= 0.6 is 11.8 Å². The molecular weight excluding hydrogens is 378 g/mol. The molecule has 2 aromatic heterocycles. The number of nitrogens with zero attached hydrogens (tertiary/aromatic N) is 5. The monoisotopic (exact) mass is 395 g/mol. The maximum Gasteiger partial charge on any atom is 0.252 e. The van der Waals surface area contributed by atoms with Gasteiger partial charge >= 0.3 is 0 Å². The van der Waals surface area contributed by atoms with Crippen LogP contribution in [-0.2, 0) is 15.3 Å². The molecule has 0 bridgehead atoms. The zero-order valence-corrected chi connectivity index (χ0v) is 15.8. The average Bonchev–Trinajstić information content (AvgIpc) is 3.10. The molecule has 0 saturated heterocycles. The van der Waals surface area contributed by atoms with Gasteiger partial charge in [0.15, 0.2) is 0 Å². The Hall–Kier alpha value is -3.27. The van der Waals surface area contributed by atoms with E-state index in [2.05, 4.69) is 36.8 Å². The number of anilines is 2. The Balaban J connectivity index is 1.52. The molecule has 142 valence electrons. The van der Waals surface area contributed by atoms with Gasteiger partial charge in [0.25, 0.3) is 5.91 Å². The van der Waals surface area contributed by atoms with Crippen LogP contribution in [-0.4, -0.2) is 36.5 Å². The second-order valence-electron chi connectivity index (χ2n) is 6.21. The number of amides is 2. The Morgan fingerprint density at radius 2 is 2.07 bits per heavy atom. The summed E-state index contributed by atoms with van der Waals surface area (Å²) in [6.07, 6.45) is 3.02. The van der Waals surface area contributed by atoms with Crippen molar-refractivity contribution in [2.75, 3.05) is 10.6 Å². The number of nitrogens with one attached hydrogen (secondary N) is 2. The van der Waals surface area contributed by atoms with Crippen molar-refractivity contribution in [3.63, 3.8) is 0 Å². The van der Waals surface area contributed by atoms with E-state index >= 15 is 0 Å². The number of fused-ring (bicyclic) bond motifs is 1. The molecule has 3 aromatic rings. The number of thioether (sulfide) groups is 1. The van der Waals surface area contributed by atoms with Gasteiger partial charge in [-0.15, -0.1) is 5.10 Å². The van der Waals surface area contributed by atoms with Crippen LogP contribution in [0.3, 0.4) is 0 Å². The van der Waals surface area contributed by atoms with Crippen LogP contribution in [0.25, 0.3) is 0 Å². The number of hydrogen-bond acceptors (Lipinski definition) is 7. The summed E-state index contributed by atoms with van der Waals surface area (Å²) in [6.45, 7) is 2.05. The topological polar surface area (TPSA) is 115 Å². The summed E-state index contributed by atoms with van der Waals surface area (Å²) in [5.41, 5.74) is 2.37. The van der Waals surface area contributed by atoms with Gasteiger partial charge in [0.05, 0.1) is 6.42 Å². The molecule has 1 aromatic carbocycles. The van der Waals surface area contributed by atoms with Crippen molar-refractivity contribution in [1.29, 1.82) is 0 Å². The highest BCUT2D eigenvalue weighted by Gasteiger charge is 2.33. The summed E-state index contributed by atoms with van der Waals surface area (Å²) in [4.78, 5) is 37.0. The summed E-state index contributed by atoms with van der Waals surface area (Å²) >= 11 is 1.45. The van der Waals surface area contributed by atoms with E-state index < -0.39 is 11.9 Å². The van der Waals surface area contributed by atoms with Gasteiger partial charge in [-0.05, 0) is 24.1 Å². The standard InChI is InChI=1S/C18H17N7O2S/c1-11-5-2-3-6-12(11)10-28-18-23-17-21-14(26)9-13(25(17)24-18)15(27)22-16-19-7-4-8-20-16/h2-8,13H,9-10H2,1H3,(H,19,20,22,27)(H,21,23,24,26). The minimum Gasteiger partial charge on any atom is -0.295 e. The van der Waals surface area contributed by atoms with Crippen LogP contribution in [0.1, 0.15) is 23.6 Å². The van der Waals surface area contributed by atoms with E-state index in [0.717, 1.165) is 0 Å². The maximum absolute atomic E-state index is 12.6. The van der Waals surface area contributed by atoms with Crippen molar-refractivity contribution >= 4 is 35.5 Å². The van der Waals surface area contributed by atoms with Crippen LogP contribution in [0.2, 0.25) is 0 Å². The highest BCUT2D eigenvalue weighted by Crippen LogP contribution is 2.28. The first-order valence-corrected chi connectivity index (χ1v) is 9.60. The summed E-state index contributed by atoms with van der Waals surface area (Å²) in [5.74, 6) is 0.429. The lowest BCUT2D eigenvalue weighted by atomic mass is 10.1. The van der Waals surface area contributed by atoms with Crippen molar-refractivity contribution in [2.45, 2.75) is 30.3 Å². The number of carbonyl (C=O) groups is 2. The van der Waals surface area contributed by atoms with Crippen LogP contribution in [0.4, 0.5) is 11.9 Å². The third-order valence-corrected chi connectivity index (χ3v) is 5.14. The van der Waals surface area contributed by atoms with E-state index in [9.17, 15) is 9.59 Å². The SMILES string of the molecule is Cc1ccccc1CSc1nc2n(n1)C(C(=O)Nc1ncccn1)CC(=O)N2. The lowest BCUT2D eigenvalue weighted by Crippen LogP contribution is -2.36. The molecule has 9 nitrogen and oxygen atoms in total. The van der Waals surface area contributed by atoms with E-state index in [4.69, 9.17) is 0 Å². The molecule has 3 heterocycles. The molecule has 28 heavy (non-hydrogen) atoms. The van der Waals surface area contributed by atoms with Crippen molar-refractivity contribution in [2.24, 2.45) is 0 Å². The fourth-order valence-corrected chi connectivity index (χ4v) is 3.69. The molecule has 0 spiro atoms. The molecule has 1 aliphatic rings. The molecule has 2 amide bonds. The van der Waals surface area contributed by atoms with Crippen molar-refractivity contribution in [3.05, 3.63) is 53.9 Å². The number of carbonyl (C=O) groups excluding carboxylic acids is 2. The molecule has 1 unspecified atom stereocenters. The fraction of sp³-hybridized carbons (Fsp3) is 0.222. The van der Waals surface area contributed by atoms with Gasteiger partial charge in [0.1, 0.15) is 6.04 Å². The maximum atomic E-state index is 12.6. The highest BCUT2D eigenvalue weighted by atomic mass is 32.2. The van der Waals surface area contributed by atoms with Gasteiger partial charge in [-0.3, -0.25) is 20.2 Å². The molecular formula is C18H17N7O2S. The molecule has 0 fully saturated rings.